The average Bonchev–Trinajstić information content (AvgIpc) is 3.33. The van der Waals surface area contributed by atoms with Crippen LogP contribution in [0.4, 0.5) is 5.13 Å². The molecule has 1 atom stereocenters. The van der Waals surface area contributed by atoms with Gasteiger partial charge < -0.3 is 4.74 Å². The fourth-order valence-electron chi connectivity index (χ4n) is 5.05. The number of nitrogens with zero attached hydrogens (tertiary/aromatic N) is 4. The standard InChI is InChI=1S/C27H33ClN4O4S2.ClH/c1-19-4-3-9-31(18-19)38(34,35)23-7-5-21(6-8-23)26(33)32(11-10-30-12-14-36-15-13-30)27-29-25-20(2)16-22(28)17-24(25)37-27;/h5-8,16-17,19H,3-4,9-15,18H2,1-2H3;1H. The molecule has 0 spiro atoms. The Kier molecular flexibility index (Phi) is 9.91. The van der Waals surface area contributed by atoms with Crippen molar-refractivity contribution in [2.24, 2.45) is 5.92 Å². The lowest BCUT2D eigenvalue weighted by molar-refractivity contribution is 0.0391. The van der Waals surface area contributed by atoms with Crippen LogP contribution in [0.25, 0.3) is 10.2 Å². The Bertz CT molecular complexity index is 1410. The second-order valence-electron chi connectivity index (χ2n) is 10.1. The normalized spacial score (nSPS) is 19.1. The maximum atomic E-state index is 13.8. The van der Waals surface area contributed by atoms with Crippen molar-refractivity contribution in [3.8, 4) is 0 Å². The van der Waals surface area contributed by atoms with Crippen molar-refractivity contribution in [2.45, 2.75) is 31.6 Å². The lowest BCUT2D eigenvalue weighted by Crippen LogP contribution is -2.43. The van der Waals surface area contributed by atoms with E-state index in [0.717, 1.165) is 41.7 Å². The lowest BCUT2D eigenvalue weighted by atomic mass is 10.0. The first-order valence-corrected chi connectivity index (χ1v) is 15.6. The zero-order chi connectivity index (χ0) is 26.9. The third-order valence-corrected chi connectivity index (χ3v) is 10.3. The largest absolute Gasteiger partial charge is 0.379 e. The van der Waals surface area contributed by atoms with E-state index in [1.54, 1.807) is 33.5 Å². The summed E-state index contributed by atoms with van der Waals surface area (Å²) in [6.07, 6.45) is 1.90. The van der Waals surface area contributed by atoms with Gasteiger partial charge >= 0.3 is 0 Å². The van der Waals surface area contributed by atoms with Crippen LogP contribution in [0, 0.1) is 12.8 Å². The van der Waals surface area contributed by atoms with Crippen LogP contribution in [0.5, 0.6) is 0 Å². The minimum Gasteiger partial charge on any atom is -0.379 e. The van der Waals surface area contributed by atoms with Crippen LogP contribution in [-0.2, 0) is 14.8 Å². The third-order valence-electron chi connectivity index (χ3n) is 7.22. The molecular formula is C27H34Cl2N4O4S2. The fourth-order valence-corrected chi connectivity index (χ4v) is 8.09. The molecule has 2 aromatic carbocycles. The highest BCUT2D eigenvalue weighted by molar-refractivity contribution is 7.89. The predicted molar refractivity (Wildman–Crippen MR) is 159 cm³/mol. The molecule has 0 radical (unpaired) electrons. The van der Waals surface area contributed by atoms with Crippen LogP contribution >= 0.6 is 35.3 Å². The number of hydrogen-bond donors (Lipinski definition) is 0. The van der Waals surface area contributed by atoms with E-state index < -0.39 is 10.0 Å². The SMILES string of the molecule is Cc1cc(Cl)cc2sc(N(CCN3CCOCC3)C(=O)c3ccc(S(=O)(=O)N4CCCC(C)C4)cc3)nc12.Cl. The van der Waals surface area contributed by atoms with Gasteiger partial charge in [-0.1, -0.05) is 29.9 Å². The molecule has 212 valence electrons. The number of fused-ring (bicyclic) bond motifs is 1. The Hall–Kier alpha value is -1.79. The summed E-state index contributed by atoms with van der Waals surface area (Å²) >= 11 is 7.71. The zero-order valence-corrected chi connectivity index (χ0v) is 25.3. The second-order valence-corrected chi connectivity index (χ2v) is 13.5. The van der Waals surface area contributed by atoms with Gasteiger partial charge in [0.05, 0.1) is 28.3 Å². The van der Waals surface area contributed by atoms with Gasteiger partial charge in [-0.15, -0.1) is 12.4 Å². The summed E-state index contributed by atoms with van der Waals surface area (Å²) in [5.74, 6) is 0.128. The number of morpholine rings is 1. The fraction of sp³-hybridized carbons (Fsp3) is 0.481. The van der Waals surface area contributed by atoms with Crippen molar-refractivity contribution >= 4 is 66.6 Å². The van der Waals surface area contributed by atoms with Gasteiger partial charge in [-0.05, 0) is 67.6 Å². The summed E-state index contributed by atoms with van der Waals surface area (Å²) in [6, 6.07) is 10.1. The smallest absolute Gasteiger partial charge is 0.260 e. The van der Waals surface area contributed by atoms with Gasteiger partial charge in [0.15, 0.2) is 5.13 Å². The molecule has 12 heteroatoms. The number of carbonyl (C=O) groups excluding carboxylic acids is 1. The number of thiazole rings is 1. The third kappa shape index (κ3) is 6.75. The first-order valence-electron chi connectivity index (χ1n) is 13.0. The maximum Gasteiger partial charge on any atom is 0.260 e. The van der Waals surface area contributed by atoms with Crippen LogP contribution in [0.15, 0.2) is 41.3 Å². The van der Waals surface area contributed by atoms with Crippen LogP contribution < -0.4 is 4.90 Å². The molecule has 8 nitrogen and oxygen atoms in total. The van der Waals surface area contributed by atoms with E-state index in [-0.39, 0.29) is 23.2 Å². The minimum absolute atomic E-state index is 0. The Balaban J connectivity index is 0.00000353. The van der Waals surface area contributed by atoms with Crippen LogP contribution in [0.2, 0.25) is 5.02 Å². The second kappa shape index (κ2) is 12.8. The average molecular weight is 614 g/mol. The number of carbonyl (C=O) groups is 1. The van der Waals surface area contributed by atoms with Crippen molar-refractivity contribution in [2.75, 3.05) is 57.4 Å². The highest BCUT2D eigenvalue weighted by Gasteiger charge is 2.29. The van der Waals surface area contributed by atoms with Crippen LogP contribution in [0.3, 0.4) is 0 Å². The maximum absolute atomic E-state index is 13.8. The highest BCUT2D eigenvalue weighted by atomic mass is 35.5. The number of sulfonamides is 1. The van der Waals surface area contributed by atoms with Gasteiger partial charge in [0.2, 0.25) is 10.0 Å². The van der Waals surface area contributed by atoms with Gasteiger partial charge in [-0.25, -0.2) is 13.4 Å². The molecule has 1 aromatic heterocycles. The first-order chi connectivity index (χ1) is 18.2. The van der Waals surface area contributed by atoms with Crippen molar-refractivity contribution in [1.29, 1.82) is 0 Å². The van der Waals surface area contributed by atoms with E-state index in [9.17, 15) is 13.2 Å². The topological polar surface area (TPSA) is 83.0 Å². The molecule has 2 aliphatic heterocycles. The molecule has 0 bridgehead atoms. The first kappa shape index (κ1) is 30.2. The van der Waals surface area contributed by atoms with Gasteiger partial charge in [0.1, 0.15) is 0 Å². The van der Waals surface area contributed by atoms with Gasteiger partial charge in [0, 0.05) is 49.9 Å². The molecule has 0 N–H and O–H groups in total. The molecule has 1 amide bonds. The molecule has 39 heavy (non-hydrogen) atoms. The molecular weight excluding hydrogens is 579 g/mol. The number of rotatable bonds is 7. The van der Waals surface area contributed by atoms with Crippen molar-refractivity contribution in [3.05, 3.63) is 52.5 Å². The Morgan fingerprint density at radius 2 is 1.90 bits per heavy atom. The molecule has 2 saturated heterocycles. The number of ether oxygens (including phenoxy) is 1. The number of halogens is 2. The molecule has 3 aromatic rings. The monoisotopic (exact) mass is 612 g/mol. The number of piperidine rings is 1. The van der Waals surface area contributed by atoms with Crippen molar-refractivity contribution in [1.82, 2.24) is 14.2 Å². The molecule has 1 unspecified atom stereocenters. The van der Waals surface area contributed by atoms with E-state index in [2.05, 4.69) is 11.8 Å². The summed E-state index contributed by atoms with van der Waals surface area (Å²) < 4.78 is 34.3. The summed E-state index contributed by atoms with van der Waals surface area (Å²) in [6.45, 7) is 9.23. The molecule has 0 saturated carbocycles. The van der Waals surface area contributed by atoms with Gasteiger partial charge in [0.25, 0.3) is 5.91 Å². The summed E-state index contributed by atoms with van der Waals surface area (Å²) in [5.41, 5.74) is 2.21. The van der Waals surface area contributed by atoms with Crippen LogP contribution in [0.1, 0.15) is 35.7 Å². The molecule has 0 aliphatic carbocycles. The van der Waals surface area contributed by atoms with E-state index in [0.29, 0.717) is 61.0 Å². The Morgan fingerprint density at radius 3 is 2.59 bits per heavy atom. The van der Waals surface area contributed by atoms with E-state index in [1.807, 2.05) is 19.1 Å². The molecule has 2 aliphatic rings. The molecule has 5 rings (SSSR count). The number of benzene rings is 2. The van der Waals surface area contributed by atoms with Crippen molar-refractivity contribution in [3.63, 3.8) is 0 Å². The molecule has 2 fully saturated rings. The number of anilines is 1. The number of aryl methyl sites for hydroxylation is 1. The molecule has 3 heterocycles. The van der Waals surface area contributed by atoms with E-state index >= 15 is 0 Å². The lowest BCUT2D eigenvalue weighted by Gasteiger charge is -2.30. The summed E-state index contributed by atoms with van der Waals surface area (Å²) in [7, 11) is -3.59. The van der Waals surface area contributed by atoms with E-state index in [4.69, 9.17) is 21.3 Å². The Labute approximate surface area is 245 Å². The number of amides is 1. The minimum atomic E-state index is -3.59. The van der Waals surface area contributed by atoms with Gasteiger partial charge in [-0.3, -0.25) is 14.6 Å². The van der Waals surface area contributed by atoms with Gasteiger partial charge in [-0.2, -0.15) is 4.31 Å². The summed E-state index contributed by atoms with van der Waals surface area (Å²) in [5, 5.41) is 1.24. The number of aromatic nitrogens is 1. The highest BCUT2D eigenvalue weighted by Crippen LogP contribution is 2.34. The van der Waals surface area contributed by atoms with E-state index in [1.165, 1.54) is 11.3 Å². The predicted octanol–water partition coefficient (Wildman–Crippen LogP) is 5.08. The number of hydrogen-bond acceptors (Lipinski definition) is 7. The Morgan fingerprint density at radius 1 is 1.18 bits per heavy atom. The summed E-state index contributed by atoms with van der Waals surface area (Å²) in [4.78, 5) is 22.8. The van der Waals surface area contributed by atoms with Crippen molar-refractivity contribution < 1.29 is 17.9 Å². The zero-order valence-electron chi connectivity index (χ0n) is 22.1. The quantitative estimate of drug-likeness (QED) is 0.370. The van der Waals surface area contributed by atoms with Crippen LogP contribution in [-0.4, -0.2) is 81.0 Å².